The highest BCUT2D eigenvalue weighted by atomic mass is 16.6. The van der Waals surface area contributed by atoms with Crippen molar-refractivity contribution >= 4 is 34.7 Å². The molecule has 5 heterocycles. The second-order valence-electron chi connectivity index (χ2n) is 9.42. The van der Waals surface area contributed by atoms with Crippen molar-refractivity contribution in [2.45, 2.75) is 25.0 Å². The number of aromatic nitrogens is 2. The van der Waals surface area contributed by atoms with Crippen LogP contribution in [0.25, 0.3) is 17.1 Å². The minimum Gasteiger partial charge on any atom is -0.452 e. The number of fused-ring (bicyclic) bond motifs is 4. The van der Waals surface area contributed by atoms with Gasteiger partial charge in [-0.15, -0.1) is 0 Å². The first-order chi connectivity index (χ1) is 16.9. The smallest absolute Gasteiger partial charge is 0.414 e. The molecule has 3 aromatic rings. The maximum Gasteiger partial charge on any atom is 0.414 e. The lowest BCUT2D eigenvalue weighted by molar-refractivity contribution is 0.0306. The van der Waals surface area contributed by atoms with Crippen LogP contribution in [-0.2, 0) is 11.8 Å². The van der Waals surface area contributed by atoms with Gasteiger partial charge < -0.3 is 28.6 Å². The largest absolute Gasteiger partial charge is 0.452 e. The van der Waals surface area contributed by atoms with Crippen molar-refractivity contribution in [3.63, 3.8) is 0 Å². The summed E-state index contributed by atoms with van der Waals surface area (Å²) >= 11 is 0. The first-order valence-electron chi connectivity index (χ1n) is 11.7. The van der Waals surface area contributed by atoms with Crippen molar-refractivity contribution in [2.24, 2.45) is 7.05 Å². The highest BCUT2D eigenvalue weighted by molar-refractivity contribution is 6.17. The van der Waals surface area contributed by atoms with E-state index in [4.69, 9.17) is 14.2 Å². The first kappa shape index (κ1) is 21.7. The Labute approximate surface area is 202 Å². The van der Waals surface area contributed by atoms with Crippen LogP contribution in [0.4, 0.5) is 10.5 Å². The van der Waals surface area contributed by atoms with Gasteiger partial charge in [-0.2, -0.15) is 0 Å². The summed E-state index contributed by atoms with van der Waals surface area (Å²) in [5.41, 5.74) is 2.99. The summed E-state index contributed by atoms with van der Waals surface area (Å²) in [5.74, 6) is 0.402. The van der Waals surface area contributed by atoms with E-state index in [2.05, 4.69) is 9.88 Å². The van der Waals surface area contributed by atoms with Crippen molar-refractivity contribution in [1.29, 1.82) is 0 Å². The third-order valence-electron chi connectivity index (χ3n) is 6.76. The second kappa shape index (κ2) is 8.13. The Balaban J connectivity index is 1.39. The minimum atomic E-state index is -0.562. The van der Waals surface area contributed by atoms with Gasteiger partial charge in [-0.3, -0.25) is 4.79 Å². The first-order valence-corrected chi connectivity index (χ1v) is 11.7. The molecule has 1 amide bonds. The Hall–Kier alpha value is -3.85. The number of ether oxygens (including phenoxy) is 3. The molecule has 0 spiro atoms. The fourth-order valence-corrected chi connectivity index (χ4v) is 5.12. The van der Waals surface area contributed by atoms with Gasteiger partial charge in [0, 0.05) is 57.6 Å². The van der Waals surface area contributed by atoms with E-state index in [0.29, 0.717) is 5.75 Å². The molecule has 0 aliphatic carbocycles. The number of hydrogen-bond donors (Lipinski definition) is 0. The summed E-state index contributed by atoms with van der Waals surface area (Å²) in [7, 11) is 5.11. The number of benzene rings is 1. The molecule has 2 saturated heterocycles. The Morgan fingerprint density at radius 1 is 1.20 bits per heavy atom. The maximum atomic E-state index is 13.3. The molecule has 9 nitrogen and oxygen atoms in total. The SMILES string of the molecule is CN(C)C(=O)Oc1cccc2c1C(=O)C(=Cc1cn(C)c3nccc(N4CC5CCC(C4)O5)c13)O2. The number of Topliss-reactive ketones (excluding diaryl/α,β-unsaturated/α-hetero) is 1. The fourth-order valence-electron chi connectivity index (χ4n) is 5.12. The van der Waals surface area contributed by atoms with Crippen LogP contribution in [0.15, 0.2) is 42.4 Å². The molecule has 35 heavy (non-hydrogen) atoms. The van der Waals surface area contributed by atoms with Crippen LogP contribution in [-0.4, -0.2) is 65.7 Å². The number of hydrogen-bond acceptors (Lipinski definition) is 7. The summed E-state index contributed by atoms with van der Waals surface area (Å²) < 4.78 is 19.3. The van der Waals surface area contributed by atoms with Crippen LogP contribution in [0.5, 0.6) is 11.5 Å². The van der Waals surface area contributed by atoms with Crippen molar-refractivity contribution in [3.8, 4) is 11.5 Å². The van der Waals surface area contributed by atoms with Gasteiger partial charge in [-0.05, 0) is 37.1 Å². The number of nitrogens with zero attached hydrogens (tertiary/aromatic N) is 4. The van der Waals surface area contributed by atoms with Crippen molar-refractivity contribution in [2.75, 3.05) is 32.1 Å². The minimum absolute atomic E-state index is 0.178. The van der Waals surface area contributed by atoms with Gasteiger partial charge in [0.1, 0.15) is 22.7 Å². The average molecular weight is 475 g/mol. The number of rotatable bonds is 3. The van der Waals surface area contributed by atoms with Crippen molar-refractivity contribution in [1.82, 2.24) is 14.5 Å². The summed E-state index contributed by atoms with van der Waals surface area (Å²) in [5, 5.41) is 0.968. The van der Waals surface area contributed by atoms with E-state index in [9.17, 15) is 9.59 Å². The quantitative estimate of drug-likeness (QED) is 0.536. The molecule has 1 aromatic carbocycles. The summed E-state index contributed by atoms with van der Waals surface area (Å²) in [4.78, 5) is 33.7. The van der Waals surface area contributed by atoms with Crippen LogP contribution in [0.1, 0.15) is 28.8 Å². The topological polar surface area (TPSA) is 86.1 Å². The molecular weight excluding hydrogens is 448 g/mol. The van der Waals surface area contributed by atoms with E-state index in [-0.39, 0.29) is 35.1 Å². The summed E-state index contributed by atoms with van der Waals surface area (Å²) in [6, 6.07) is 7.01. The zero-order chi connectivity index (χ0) is 24.3. The molecule has 2 fully saturated rings. The molecule has 180 valence electrons. The molecule has 2 unspecified atom stereocenters. The van der Waals surface area contributed by atoms with E-state index >= 15 is 0 Å². The molecule has 2 aromatic heterocycles. The van der Waals surface area contributed by atoms with Crippen LogP contribution >= 0.6 is 0 Å². The van der Waals surface area contributed by atoms with Crippen LogP contribution in [0.3, 0.4) is 0 Å². The van der Waals surface area contributed by atoms with Gasteiger partial charge in [-0.25, -0.2) is 9.78 Å². The second-order valence-corrected chi connectivity index (χ2v) is 9.42. The van der Waals surface area contributed by atoms with Gasteiger partial charge in [0.25, 0.3) is 0 Å². The highest BCUT2D eigenvalue weighted by Crippen LogP contribution is 2.40. The number of ketones is 1. The number of morpholine rings is 1. The summed E-state index contributed by atoms with van der Waals surface area (Å²) in [6.07, 6.45) is 7.64. The number of amides is 1. The lowest BCUT2D eigenvalue weighted by atomic mass is 10.1. The third kappa shape index (κ3) is 3.63. The predicted octanol–water partition coefficient (Wildman–Crippen LogP) is 3.62. The molecule has 2 bridgehead atoms. The van der Waals surface area contributed by atoms with E-state index in [0.717, 1.165) is 48.2 Å². The molecule has 0 radical (unpaired) electrons. The maximum absolute atomic E-state index is 13.3. The number of pyridine rings is 1. The molecule has 3 aliphatic heterocycles. The van der Waals surface area contributed by atoms with Crippen LogP contribution in [0.2, 0.25) is 0 Å². The highest BCUT2D eigenvalue weighted by Gasteiger charge is 2.35. The van der Waals surface area contributed by atoms with E-state index in [1.165, 1.54) is 4.90 Å². The molecule has 9 heteroatoms. The van der Waals surface area contributed by atoms with Gasteiger partial charge >= 0.3 is 6.09 Å². The number of anilines is 1. The van der Waals surface area contributed by atoms with E-state index < -0.39 is 6.09 Å². The average Bonchev–Trinajstić information content (AvgIpc) is 3.47. The van der Waals surface area contributed by atoms with Crippen LogP contribution < -0.4 is 14.4 Å². The van der Waals surface area contributed by atoms with Gasteiger partial charge in [0.2, 0.25) is 5.78 Å². The molecule has 3 aliphatic rings. The van der Waals surface area contributed by atoms with Gasteiger partial charge in [-0.1, -0.05) is 6.07 Å². The molecule has 0 N–H and O–H groups in total. The predicted molar refractivity (Wildman–Crippen MR) is 130 cm³/mol. The van der Waals surface area contributed by atoms with E-state index in [1.807, 2.05) is 30.1 Å². The molecule has 0 saturated carbocycles. The van der Waals surface area contributed by atoms with Crippen molar-refractivity contribution < 1.29 is 23.8 Å². The lowest BCUT2D eigenvalue weighted by Crippen LogP contribution is -2.42. The zero-order valence-electron chi connectivity index (χ0n) is 19.9. The summed E-state index contributed by atoms with van der Waals surface area (Å²) in [6.45, 7) is 1.67. The Morgan fingerprint density at radius 2 is 1.97 bits per heavy atom. The van der Waals surface area contributed by atoms with Crippen LogP contribution in [0, 0.1) is 0 Å². The van der Waals surface area contributed by atoms with Crippen molar-refractivity contribution in [3.05, 3.63) is 53.5 Å². The third-order valence-corrected chi connectivity index (χ3v) is 6.76. The number of carbonyl (C=O) groups excluding carboxylic acids is 2. The standard InChI is InChI=1S/C26H26N4O5/c1-28(2)26(32)35-20-6-4-5-19-23(20)24(31)21(34-19)11-15-12-29(3)25-22(15)18(9-10-27-25)30-13-16-7-8-17(14-30)33-16/h4-6,9-12,16-17H,7-8,13-14H2,1-3H3. The van der Waals surface area contributed by atoms with E-state index in [1.54, 1.807) is 38.4 Å². The Kier molecular flexibility index (Phi) is 5.03. The van der Waals surface area contributed by atoms with Gasteiger partial charge in [0.15, 0.2) is 5.76 Å². The Morgan fingerprint density at radius 3 is 2.71 bits per heavy atom. The lowest BCUT2D eigenvalue weighted by Gasteiger charge is -2.34. The molecular formula is C26H26N4O5. The normalized spacial score (nSPS) is 22.0. The monoisotopic (exact) mass is 474 g/mol. The number of carbonyl (C=O) groups is 2. The Bertz CT molecular complexity index is 1380. The molecule has 6 rings (SSSR count). The number of allylic oxidation sites excluding steroid dienone is 1. The molecule has 2 atom stereocenters. The van der Waals surface area contributed by atoms with Gasteiger partial charge in [0.05, 0.1) is 17.9 Å². The zero-order valence-corrected chi connectivity index (χ0v) is 19.9. The fraction of sp³-hybridized carbons (Fsp3) is 0.346. The number of aryl methyl sites for hydroxylation is 1.